The van der Waals surface area contributed by atoms with Crippen LogP contribution in [0.15, 0.2) is 36.4 Å². The van der Waals surface area contributed by atoms with Gasteiger partial charge in [0.25, 0.3) is 5.91 Å². The van der Waals surface area contributed by atoms with Gasteiger partial charge in [-0.2, -0.15) is 0 Å². The van der Waals surface area contributed by atoms with E-state index in [1.165, 1.54) is 18.4 Å². The molecule has 0 aliphatic rings. The Bertz CT molecular complexity index is 926. The predicted molar refractivity (Wildman–Crippen MR) is 94.8 cm³/mol. The van der Waals surface area contributed by atoms with Gasteiger partial charge in [0, 0.05) is 5.56 Å². The molecule has 1 aromatic heterocycles. The zero-order valence-electron chi connectivity index (χ0n) is 13.5. The molecule has 1 amide bonds. The lowest BCUT2D eigenvalue weighted by atomic mass is 10.1. The van der Waals surface area contributed by atoms with Crippen molar-refractivity contribution in [2.75, 3.05) is 12.4 Å². The van der Waals surface area contributed by atoms with E-state index in [0.29, 0.717) is 16.3 Å². The first-order valence-corrected chi connectivity index (χ1v) is 8.16. The highest BCUT2D eigenvalue weighted by atomic mass is 32.1. The van der Waals surface area contributed by atoms with Gasteiger partial charge in [0.1, 0.15) is 0 Å². The molecule has 0 fully saturated rings. The van der Waals surface area contributed by atoms with Crippen LogP contribution in [-0.2, 0) is 4.74 Å². The molecule has 2 aromatic carbocycles. The molecule has 0 bridgehead atoms. The van der Waals surface area contributed by atoms with Gasteiger partial charge in [-0.3, -0.25) is 10.1 Å². The van der Waals surface area contributed by atoms with E-state index < -0.39 is 5.97 Å². The number of anilines is 1. The maximum absolute atomic E-state index is 12.4. The monoisotopic (exact) mass is 340 g/mol. The average molecular weight is 340 g/mol. The lowest BCUT2D eigenvalue weighted by molar-refractivity contribution is 0.0601. The lowest BCUT2D eigenvalue weighted by Crippen LogP contribution is -2.12. The number of aryl methyl sites for hydroxylation is 2. The van der Waals surface area contributed by atoms with E-state index in [1.54, 1.807) is 18.2 Å². The first kappa shape index (κ1) is 16.1. The third-order valence-electron chi connectivity index (χ3n) is 3.51. The molecule has 0 radical (unpaired) electrons. The van der Waals surface area contributed by atoms with E-state index in [2.05, 4.69) is 10.3 Å². The van der Waals surface area contributed by atoms with Crippen molar-refractivity contribution < 1.29 is 14.3 Å². The summed E-state index contributed by atoms with van der Waals surface area (Å²) in [6.45, 7) is 3.91. The summed E-state index contributed by atoms with van der Waals surface area (Å²) in [4.78, 5) is 28.4. The van der Waals surface area contributed by atoms with Crippen LogP contribution < -0.4 is 5.32 Å². The molecule has 0 atom stereocenters. The van der Waals surface area contributed by atoms with Gasteiger partial charge in [-0.15, -0.1) is 0 Å². The molecule has 0 aliphatic carbocycles. The molecule has 3 rings (SSSR count). The smallest absolute Gasteiger partial charge is 0.337 e. The molecular weight excluding hydrogens is 324 g/mol. The lowest BCUT2D eigenvalue weighted by Gasteiger charge is -2.04. The zero-order valence-corrected chi connectivity index (χ0v) is 14.4. The molecule has 5 nitrogen and oxygen atoms in total. The molecule has 0 saturated carbocycles. The standard InChI is InChI=1S/C18H16N2O3S/c1-10-6-11(2)8-13(7-10)16(21)20-18-19-14-5-4-12(17(22)23-3)9-15(14)24-18/h4-9H,1-3H3,(H,19,20,21). The normalized spacial score (nSPS) is 10.6. The average Bonchev–Trinajstić information content (AvgIpc) is 2.94. The van der Waals surface area contributed by atoms with Crippen LogP contribution >= 0.6 is 11.3 Å². The van der Waals surface area contributed by atoms with E-state index in [9.17, 15) is 9.59 Å². The number of benzene rings is 2. The molecule has 122 valence electrons. The van der Waals surface area contributed by atoms with Crippen molar-refractivity contribution in [1.82, 2.24) is 4.98 Å². The van der Waals surface area contributed by atoms with E-state index in [1.807, 2.05) is 32.0 Å². The molecule has 0 spiro atoms. The number of aromatic nitrogens is 1. The number of nitrogens with zero attached hydrogens (tertiary/aromatic N) is 1. The van der Waals surface area contributed by atoms with Crippen LogP contribution in [0.4, 0.5) is 5.13 Å². The van der Waals surface area contributed by atoms with Gasteiger partial charge in [-0.1, -0.05) is 28.5 Å². The Hall–Kier alpha value is -2.73. The number of fused-ring (bicyclic) bond motifs is 1. The van der Waals surface area contributed by atoms with Crippen molar-refractivity contribution in [1.29, 1.82) is 0 Å². The third-order valence-corrected chi connectivity index (χ3v) is 4.45. The Balaban J connectivity index is 1.87. The van der Waals surface area contributed by atoms with E-state index in [0.717, 1.165) is 21.3 Å². The van der Waals surface area contributed by atoms with E-state index in [4.69, 9.17) is 4.74 Å². The highest BCUT2D eigenvalue weighted by molar-refractivity contribution is 7.22. The number of carbonyl (C=O) groups is 2. The van der Waals surface area contributed by atoms with Crippen LogP contribution in [0.2, 0.25) is 0 Å². The van der Waals surface area contributed by atoms with Crippen LogP contribution in [0.3, 0.4) is 0 Å². The first-order chi connectivity index (χ1) is 11.5. The zero-order chi connectivity index (χ0) is 17.3. The topological polar surface area (TPSA) is 68.3 Å². The summed E-state index contributed by atoms with van der Waals surface area (Å²) in [6, 6.07) is 10.8. The van der Waals surface area contributed by atoms with Gasteiger partial charge in [0.2, 0.25) is 0 Å². The van der Waals surface area contributed by atoms with Gasteiger partial charge in [-0.05, 0) is 44.2 Å². The van der Waals surface area contributed by atoms with Crippen LogP contribution in [-0.4, -0.2) is 24.0 Å². The minimum absolute atomic E-state index is 0.200. The van der Waals surface area contributed by atoms with Crippen LogP contribution in [0.5, 0.6) is 0 Å². The Morgan fingerprint density at radius 3 is 2.42 bits per heavy atom. The molecule has 0 saturated heterocycles. The Kier molecular flexibility index (Phi) is 4.31. The molecule has 0 unspecified atom stereocenters. The fraction of sp³-hybridized carbons (Fsp3) is 0.167. The summed E-state index contributed by atoms with van der Waals surface area (Å²) >= 11 is 1.32. The van der Waals surface area contributed by atoms with Crippen molar-refractivity contribution in [2.45, 2.75) is 13.8 Å². The van der Waals surface area contributed by atoms with Gasteiger partial charge in [-0.25, -0.2) is 9.78 Å². The largest absolute Gasteiger partial charge is 0.465 e. The summed E-state index contributed by atoms with van der Waals surface area (Å²) in [6.07, 6.45) is 0. The molecule has 24 heavy (non-hydrogen) atoms. The number of hydrogen-bond donors (Lipinski definition) is 1. The number of carbonyl (C=O) groups excluding carboxylic acids is 2. The highest BCUT2D eigenvalue weighted by Crippen LogP contribution is 2.27. The second-order valence-electron chi connectivity index (χ2n) is 5.52. The van der Waals surface area contributed by atoms with E-state index in [-0.39, 0.29) is 5.91 Å². The number of hydrogen-bond acceptors (Lipinski definition) is 5. The molecular formula is C18H16N2O3S. The Labute approximate surface area is 143 Å². The summed E-state index contributed by atoms with van der Waals surface area (Å²) in [5, 5.41) is 3.31. The van der Waals surface area contributed by atoms with Gasteiger partial charge in [0.15, 0.2) is 5.13 Å². The number of esters is 1. The second kappa shape index (κ2) is 6.41. The number of thiazole rings is 1. The molecule has 6 heteroatoms. The molecule has 3 aromatic rings. The molecule has 0 aliphatic heterocycles. The Morgan fingerprint density at radius 2 is 1.75 bits per heavy atom. The number of ether oxygens (including phenoxy) is 1. The summed E-state index contributed by atoms with van der Waals surface area (Å²) in [5.74, 6) is -0.597. The number of rotatable bonds is 3. The van der Waals surface area contributed by atoms with Crippen LogP contribution in [0, 0.1) is 13.8 Å². The second-order valence-corrected chi connectivity index (χ2v) is 6.55. The number of amides is 1. The highest BCUT2D eigenvalue weighted by Gasteiger charge is 2.13. The molecule has 1 heterocycles. The van der Waals surface area contributed by atoms with E-state index >= 15 is 0 Å². The quantitative estimate of drug-likeness (QED) is 0.733. The minimum atomic E-state index is -0.397. The first-order valence-electron chi connectivity index (χ1n) is 7.35. The summed E-state index contributed by atoms with van der Waals surface area (Å²) < 4.78 is 5.53. The van der Waals surface area contributed by atoms with Crippen molar-refractivity contribution in [3.8, 4) is 0 Å². The maximum Gasteiger partial charge on any atom is 0.337 e. The SMILES string of the molecule is COC(=O)c1ccc2nc(NC(=O)c3cc(C)cc(C)c3)sc2c1. The van der Waals surface area contributed by atoms with Crippen LogP contribution in [0.1, 0.15) is 31.8 Å². The van der Waals surface area contributed by atoms with Gasteiger partial charge in [0.05, 0.1) is 22.9 Å². The number of methoxy groups -OCH3 is 1. The van der Waals surface area contributed by atoms with Crippen molar-refractivity contribution in [3.05, 3.63) is 58.7 Å². The molecule has 1 N–H and O–H groups in total. The summed E-state index contributed by atoms with van der Waals surface area (Å²) in [7, 11) is 1.34. The summed E-state index contributed by atoms with van der Waals surface area (Å²) in [5.41, 5.74) is 3.85. The van der Waals surface area contributed by atoms with Gasteiger partial charge >= 0.3 is 5.97 Å². The van der Waals surface area contributed by atoms with Crippen molar-refractivity contribution in [3.63, 3.8) is 0 Å². The number of nitrogens with one attached hydrogen (secondary N) is 1. The minimum Gasteiger partial charge on any atom is -0.465 e. The third kappa shape index (κ3) is 3.28. The fourth-order valence-corrected chi connectivity index (χ4v) is 3.40. The maximum atomic E-state index is 12.4. The van der Waals surface area contributed by atoms with Crippen molar-refractivity contribution >= 4 is 38.6 Å². The predicted octanol–water partition coefficient (Wildman–Crippen LogP) is 3.95. The van der Waals surface area contributed by atoms with Crippen molar-refractivity contribution in [2.24, 2.45) is 0 Å². The van der Waals surface area contributed by atoms with Gasteiger partial charge < -0.3 is 4.74 Å². The fourth-order valence-electron chi connectivity index (χ4n) is 2.50. The van der Waals surface area contributed by atoms with Crippen LogP contribution in [0.25, 0.3) is 10.2 Å². The Morgan fingerprint density at radius 1 is 1.04 bits per heavy atom.